The van der Waals surface area contributed by atoms with E-state index in [1.807, 2.05) is 0 Å². The Balaban J connectivity index is 3.00. The largest absolute Gasteiger partial charge is 0.501 e. The van der Waals surface area contributed by atoms with Crippen LogP contribution in [0.15, 0.2) is 17.6 Å². The van der Waals surface area contributed by atoms with E-state index in [0.29, 0.717) is 0 Å². The topological polar surface area (TPSA) is 91.5 Å². The van der Waals surface area contributed by atoms with Crippen LogP contribution in [0.25, 0.3) is 10.7 Å². The zero-order chi connectivity index (χ0) is 9.84. The molecule has 0 unspecified atom stereocenters. The monoisotopic (exact) mass is 198 g/mol. The van der Waals surface area contributed by atoms with Crippen molar-refractivity contribution in [2.45, 2.75) is 0 Å². The predicted octanol–water partition coefficient (Wildman–Crippen LogP) is 2.37. The van der Waals surface area contributed by atoms with Gasteiger partial charge in [0.1, 0.15) is 0 Å². The van der Waals surface area contributed by atoms with Crippen LogP contribution >= 0.6 is 11.3 Å². The second-order valence-electron chi connectivity index (χ2n) is 2.06. The van der Waals surface area contributed by atoms with Crippen LogP contribution in [0.3, 0.4) is 0 Å². The van der Waals surface area contributed by atoms with Gasteiger partial charge in [0.05, 0.1) is 4.92 Å². The fourth-order valence-electron chi connectivity index (χ4n) is 0.684. The highest BCUT2D eigenvalue weighted by molar-refractivity contribution is 7.13. The first-order valence-electron chi connectivity index (χ1n) is 3.12. The molecule has 66 valence electrons. The van der Waals surface area contributed by atoms with E-state index < -0.39 is 4.92 Å². The van der Waals surface area contributed by atoms with E-state index in [4.69, 9.17) is 10.5 Å². The summed E-state index contributed by atoms with van der Waals surface area (Å²) in [5, 5.41) is 28.7. The van der Waals surface area contributed by atoms with Crippen LogP contribution in [0.4, 0.5) is 5.00 Å². The molecule has 0 aliphatic carbocycles. The molecule has 0 aliphatic heterocycles. The first kappa shape index (κ1) is 9.15. The van der Waals surface area contributed by atoms with Crippen molar-refractivity contribution in [3.8, 4) is 0 Å². The van der Waals surface area contributed by atoms with Crippen molar-refractivity contribution in [2.75, 3.05) is 0 Å². The quantitative estimate of drug-likeness (QED) is 0.341. The molecular weight excluding hydrogens is 194 g/mol. The van der Waals surface area contributed by atoms with Crippen molar-refractivity contribution in [1.29, 1.82) is 5.39 Å². The Kier molecular flexibility index (Phi) is 2.56. The molecular formula is C6H4N3O3S+. The molecule has 0 bridgehead atoms. The third kappa shape index (κ3) is 2.00. The van der Waals surface area contributed by atoms with E-state index in [1.54, 1.807) is 0 Å². The van der Waals surface area contributed by atoms with Crippen LogP contribution in [0.2, 0.25) is 0 Å². The highest BCUT2D eigenvalue weighted by Crippen LogP contribution is 2.26. The van der Waals surface area contributed by atoms with Crippen LogP contribution in [0.5, 0.6) is 0 Å². The molecule has 13 heavy (non-hydrogen) atoms. The van der Waals surface area contributed by atoms with Gasteiger partial charge in [0.2, 0.25) is 11.2 Å². The number of thiophene rings is 1. The van der Waals surface area contributed by atoms with E-state index in [0.717, 1.165) is 17.5 Å². The maximum absolute atomic E-state index is 10.2. The number of hydrogen-bond donors (Lipinski definition) is 1. The molecule has 1 rings (SSSR count). The van der Waals surface area contributed by atoms with Crippen LogP contribution in [-0.2, 0) is 0 Å². The van der Waals surface area contributed by atoms with Gasteiger partial charge in [-0.05, 0) is 0 Å². The number of nitro groups is 1. The zero-order valence-electron chi connectivity index (χ0n) is 6.25. The minimum atomic E-state index is -0.558. The summed E-state index contributed by atoms with van der Waals surface area (Å²) in [5.74, 6) is -0.313. The SMILES string of the molecule is N#[N+]/C=C(/O)c1csc([N+](=O)[O-])c1. The highest BCUT2D eigenvalue weighted by atomic mass is 32.1. The molecule has 0 saturated heterocycles. The lowest BCUT2D eigenvalue weighted by molar-refractivity contribution is -0.380. The first-order valence-corrected chi connectivity index (χ1v) is 3.99. The van der Waals surface area contributed by atoms with Gasteiger partial charge in [0.15, 0.2) is 4.98 Å². The van der Waals surface area contributed by atoms with Crippen molar-refractivity contribution >= 4 is 22.1 Å². The van der Waals surface area contributed by atoms with Crippen molar-refractivity contribution in [3.05, 3.63) is 38.3 Å². The van der Waals surface area contributed by atoms with Crippen LogP contribution in [0, 0.1) is 15.5 Å². The normalized spacial score (nSPS) is 10.8. The molecule has 1 aromatic heterocycles. The highest BCUT2D eigenvalue weighted by Gasteiger charge is 2.13. The minimum absolute atomic E-state index is 0.0760. The average Bonchev–Trinajstić information content (AvgIpc) is 2.52. The van der Waals surface area contributed by atoms with Gasteiger partial charge in [-0.15, -0.1) is 0 Å². The predicted molar refractivity (Wildman–Crippen MR) is 46.7 cm³/mol. The van der Waals surface area contributed by atoms with Crippen molar-refractivity contribution < 1.29 is 10.0 Å². The van der Waals surface area contributed by atoms with E-state index in [-0.39, 0.29) is 16.3 Å². The molecule has 1 N–H and O–H groups in total. The van der Waals surface area contributed by atoms with Gasteiger partial charge in [-0.2, -0.15) is 0 Å². The summed E-state index contributed by atoms with van der Waals surface area (Å²) in [6.07, 6.45) is 0.797. The first-order chi connectivity index (χ1) is 6.15. The van der Waals surface area contributed by atoms with Gasteiger partial charge in [0.25, 0.3) is 0 Å². The number of hydrogen-bond acceptors (Lipinski definition) is 5. The second-order valence-corrected chi connectivity index (χ2v) is 2.95. The minimum Gasteiger partial charge on any atom is -0.501 e. The lowest BCUT2D eigenvalue weighted by Gasteiger charge is -1.84. The summed E-state index contributed by atoms with van der Waals surface area (Å²) in [7, 11) is 0. The lowest BCUT2D eigenvalue weighted by Crippen LogP contribution is -1.82. The molecule has 7 heteroatoms. The third-order valence-electron chi connectivity index (χ3n) is 1.24. The maximum atomic E-state index is 10.2. The van der Waals surface area contributed by atoms with Crippen molar-refractivity contribution in [2.24, 2.45) is 0 Å². The Hall–Kier alpha value is -1.94. The molecule has 0 atom stereocenters. The molecule has 0 spiro atoms. The van der Waals surface area contributed by atoms with E-state index in [1.165, 1.54) is 11.4 Å². The summed E-state index contributed by atoms with van der Waals surface area (Å²) in [6, 6.07) is 1.20. The Morgan fingerprint density at radius 2 is 2.54 bits per heavy atom. The maximum Gasteiger partial charge on any atom is 0.392 e. The third-order valence-corrected chi connectivity index (χ3v) is 2.12. The lowest BCUT2D eigenvalue weighted by atomic mass is 10.3. The molecule has 0 amide bonds. The fourth-order valence-corrected chi connectivity index (χ4v) is 1.40. The summed E-state index contributed by atoms with van der Waals surface area (Å²) in [5.41, 5.74) is 0.259. The standard InChI is InChI=1S/C6H3N3O3S/c7-8-2-5(10)4-1-6(9(11)12)13-3-4/h1-3H/p+1/b5-2+. The van der Waals surface area contributed by atoms with E-state index in [9.17, 15) is 10.1 Å². The average molecular weight is 198 g/mol. The van der Waals surface area contributed by atoms with E-state index >= 15 is 0 Å². The summed E-state index contributed by atoms with van der Waals surface area (Å²) < 4.78 is 0. The molecule has 1 aromatic rings. The summed E-state index contributed by atoms with van der Waals surface area (Å²) in [6.45, 7) is 0. The number of aliphatic hydroxyl groups excluding tert-OH is 1. The number of nitrogens with zero attached hydrogens (tertiary/aromatic N) is 3. The van der Waals surface area contributed by atoms with Crippen molar-refractivity contribution in [3.63, 3.8) is 0 Å². The molecule has 0 saturated carbocycles. The molecule has 6 nitrogen and oxygen atoms in total. The van der Waals surface area contributed by atoms with Gasteiger partial charge < -0.3 is 5.11 Å². The van der Waals surface area contributed by atoms with Crippen LogP contribution in [0.1, 0.15) is 5.56 Å². The number of rotatable bonds is 2. The second kappa shape index (κ2) is 3.64. The molecule has 1 heterocycles. The smallest absolute Gasteiger partial charge is 0.392 e. The number of aliphatic hydroxyl groups is 1. The van der Waals surface area contributed by atoms with Gasteiger partial charge in [-0.25, -0.2) is 0 Å². The van der Waals surface area contributed by atoms with Gasteiger partial charge >= 0.3 is 11.2 Å². The molecule has 0 aliphatic rings. The molecule has 0 aromatic carbocycles. The van der Waals surface area contributed by atoms with Gasteiger partial charge in [-0.3, -0.25) is 10.1 Å². The molecule has 0 radical (unpaired) electrons. The summed E-state index contributed by atoms with van der Waals surface area (Å²) >= 11 is 0.889. The molecule has 0 fully saturated rings. The van der Waals surface area contributed by atoms with Crippen LogP contribution in [-0.4, -0.2) is 10.0 Å². The summed E-state index contributed by atoms with van der Waals surface area (Å²) in [4.78, 5) is 12.3. The Bertz CT molecular complexity index is 404. The Labute approximate surface area is 76.5 Å². The van der Waals surface area contributed by atoms with Crippen molar-refractivity contribution in [1.82, 2.24) is 0 Å². The van der Waals surface area contributed by atoms with Crippen LogP contribution < -0.4 is 0 Å². The number of diazo groups is 1. The Morgan fingerprint density at radius 3 is 3.00 bits per heavy atom. The zero-order valence-corrected chi connectivity index (χ0v) is 7.06. The van der Waals surface area contributed by atoms with E-state index in [2.05, 4.69) is 4.98 Å². The fraction of sp³-hybridized carbons (Fsp3) is 0. The van der Waals surface area contributed by atoms with Gasteiger partial charge in [-0.1, -0.05) is 11.3 Å². The Morgan fingerprint density at radius 1 is 1.85 bits per heavy atom. The van der Waals surface area contributed by atoms with Gasteiger partial charge in [0, 0.05) is 17.0 Å².